The van der Waals surface area contributed by atoms with E-state index < -0.39 is 0 Å². The van der Waals surface area contributed by atoms with E-state index in [-0.39, 0.29) is 5.97 Å². The van der Waals surface area contributed by atoms with Crippen LogP contribution < -0.4 is 5.32 Å². The Labute approximate surface area is 209 Å². The fourth-order valence-electron chi connectivity index (χ4n) is 3.27. The van der Waals surface area contributed by atoms with Crippen LogP contribution in [0.3, 0.4) is 0 Å². The van der Waals surface area contributed by atoms with Gasteiger partial charge in [0.25, 0.3) is 0 Å². The maximum Gasteiger partial charge on any atom is 0.306 e. The number of nitrogens with one attached hydrogen (secondary N) is 1. The summed E-state index contributed by atoms with van der Waals surface area (Å²) in [6.07, 6.45) is 4.92. The molecule has 3 aromatic rings. The lowest BCUT2D eigenvalue weighted by Crippen LogP contribution is -2.14. The maximum atomic E-state index is 12.2. The highest BCUT2D eigenvalue weighted by molar-refractivity contribution is 7.99. The number of thioether (sulfide) groups is 1. The van der Waals surface area contributed by atoms with Gasteiger partial charge in [-0.3, -0.25) is 4.79 Å². The molecule has 1 N–H and O–H groups in total. The Bertz CT molecular complexity index is 1030. The molecule has 0 aliphatic heterocycles. The molecule has 0 saturated heterocycles. The van der Waals surface area contributed by atoms with Crippen molar-refractivity contribution in [1.29, 1.82) is 0 Å². The van der Waals surface area contributed by atoms with Crippen molar-refractivity contribution in [2.45, 2.75) is 50.8 Å². The first-order valence-corrected chi connectivity index (χ1v) is 13.5. The van der Waals surface area contributed by atoms with Crippen molar-refractivity contribution in [2.24, 2.45) is 5.92 Å². The molecule has 0 saturated carbocycles. The van der Waals surface area contributed by atoms with Crippen molar-refractivity contribution < 1.29 is 9.53 Å². The van der Waals surface area contributed by atoms with Crippen LogP contribution in [0.25, 0.3) is 10.6 Å². The van der Waals surface area contributed by atoms with Gasteiger partial charge in [-0.05, 0) is 36.6 Å². The number of rotatable bonds is 13. The monoisotopic (exact) mass is 503 g/mol. The molecule has 0 aliphatic carbocycles. The second kappa shape index (κ2) is 13.6. The summed E-state index contributed by atoms with van der Waals surface area (Å²) in [5.41, 5.74) is 1.88. The summed E-state index contributed by atoms with van der Waals surface area (Å²) < 4.78 is 5.52. The summed E-state index contributed by atoms with van der Waals surface area (Å²) in [7, 11) is 0. The Balaban J connectivity index is 1.53. The molecule has 8 heteroatoms. The number of nitrogens with zero attached hydrogens (tertiary/aromatic N) is 2. The van der Waals surface area contributed by atoms with Crippen LogP contribution in [-0.2, 0) is 9.53 Å². The van der Waals surface area contributed by atoms with E-state index in [0.717, 1.165) is 34.0 Å². The molecule has 1 heterocycles. The molecular formula is C25H30ClN3O2S2. The lowest BCUT2D eigenvalue weighted by Gasteiger charge is -2.14. The number of anilines is 2. The number of esters is 1. The predicted octanol–water partition coefficient (Wildman–Crippen LogP) is 7.84. The van der Waals surface area contributed by atoms with Gasteiger partial charge in [-0.1, -0.05) is 80.3 Å². The van der Waals surface area contributed by atoms with E-state index >= 15 is 0 Å². The molecule has 3 rings (SSSR count). The van der Waals surface area contributed by atoms with Crippen molar-refractivity contribution in [3.63, 3.8) is 0 Å². The van der Waals surface area contributed by atoms with Crippen molar-refractivity contribution in [1.82, 2.24) is 10.2 Å². The third-order valence-electron chi connectivity index (χ3n) is 5.21. The molecule has 0 bridgehead atoms. The molecule has 0 amide bonds. The second-order valence-electron chi connectivity index (χ2n) is 7.74. The van der Waals surface area contributed by atoms with Crippen LogP contribution in [0.2, 0.25) is 5.02 Å². The fourth-order valence-corrected chi connectivity index (χ4v) is 5.31. The molecule has 0 radical (unpaired) electrons. The van der Waals surface area contributed by atoms with Crippen LogP contribution >= 0.6 is 34.7 Å². The number of carbonyl (C=O) groups is 1. The van der Waals surface area contributed by atoms with Gasteiger partial charge < -0.3 is 10.1 Å². The minimum Gasteiger partial charge on any atom is -0.465 e. The van der Waals surface area contributed by atoms with Crippen LogP contribution in [0.5, 0.6) is 0 Å². The van der Waals surface area contributed by atoms with Crippen molar-refractivity contribution in [3.05, 3.63) is 53.6 Å². The highest BCUT2D eigenvalue weighted by atomic mass is 35.5. The van der Waals surface area contributed by atoms with Gasteiger partial charge in [-0.15, -0.1) is 22.0 Å². The number of carbonyl (C=O) groups excluding carboxylic acids is 1. The Hall–Kier alpha value is -2.09. The number of benzene rings is 2. The van der Waals surface area contributed by atoms with Gasteiger partial charge >= 0.3 is 5.97 Å². The predicted molar refractivity (Wildman–Crippen MR) is 140 cm³/mol. The highest BCUT2D eigenvalue weighted by Gasteiger charge is 2.14. The van der Waals surface area contributed by atoms with Crippen LogP contribution in [0.15, 0.2) is 53.4 Å². The lowest BCUT2D eigenvalue weighted by atomic mass is 10.0. The quantitative estimate of drug-likeness (QED) is 0.189. The smallest absolute Gasteiger partial charge is 0.306 e. The SMILES string of the molecule is CCCCC(CC)COC(=O)CCSc1ccccc1-c1nnc(Nc2cccc(Cl)c2)s1. The number of hydrogen-bond donors (Lipinski definition) is 1. The summed E-state index contributed by atoms with van der Waals surface area (Å²) >= 11 is 9.18. The molecule has 33 heavy (non-hydrogen) atoms. The van der Waals surface area contributed by atoms with Gasteiger partial charge in [0, 0.05) is 26.9 Å². The number of aromatic nitrogens is 2. The molecule has 0 fully saturated rings. The number of unbranched alkanes of at least 4 members (excludes halogenated alkanes) is 1. The molecule has 1 unspecified atom stereocenters. The molecule has 5 nitrogen and oxygen atoms in total. The van der Waals surface area contributed by atoms with E-state index in [4.69, 9.17) is 16.3 Å². The summed E-state index contributed by atoms with van der Waals surface area (Å²) in [4.78, 5) is 13.3. The minimum atomic E-state index is -0.126. The lowest BCUT2D eigenvalue weighted by molar-refractivity contribution is -0.144. The van der Waals surface area contributed by atoms with E-state index in [9.17, 15) is 4.79 Å². The fraction of sp³-hybridized carbons (Fsp3) is 0.400. The van der Waals surface area contributed by atoms with Crippen molar-refractivity contribution >= 4 is 51.5 Å². The Kier molecular flexibility index (Phi) is 10.5. The van der Waals surface area contributed by atoms with Gasteiger partial charge in [0.05, 0.1) is 13.0 Å². The van der Waals surface area contributed by atoms with Gasteiger partial charge in [0.2, 0.25) is 5.13 Å². The summed E-state index contributed by atoms with van der Waals surface area (Å²) in [6.45, 7) is 4.88. The van der Waals surface area contributed by atoms with E-state index in [1.165, 1.54) is 24.2 Å². The molecular weight excluding hydrogens is 474 g/mol. The standard InChI is InChI=1S/C25H30ClN3O2S2/c1-3-5-9-18(4-2)17-31-23(30)14-15-32-22-13-7-6-12-21(22)24-28-29-25(33-24)27-20-11-8-10-19(26)16-20/h6-8,10-13,16,18H,3-5,9,14-15,17H2,1-2H3,(H,27,29). The molecule has 176 valence electrons. The van der Waals surface area contributed by atoms with E-state index in [1.54, 1.807) is 11.8 Å². The Morgan fingerprint density at radius 1 is 1.18 bits per heavy atom. The Morgan fingerprint density at radius 3 is 2.82 bits per heavy atom. The van der Waals surface area contributed by atoms with Crippen LogP contribution in [-0.4, -0.2) is 28.5 Å². The summed E-state index contributed by atoms with van der Waals surface area (Å²) in [5, 5.41) is 14.1. The van der Waals surface area contributed by atoms with E-state index in [0.29, 0.717) is 34.9 Å². The first-order valence-electron chi connectivity index (χ1n) is 11.3. The van der Waals surface area contributed by atoms with Gasteiger partial charge in [0.15, 0.2) is 5.01 Å². The average Bonchev–Trinajstić information content (AvgIpc) is 3.28. The highest BCUT2D eigenvalue weighted by Crippen LogP contribution is 2.35. The van der Waals surface area contributed by atoms with Gasteiger partial charge in [0.1, 0.15) is 0 Å². The van der Waals surface area contributed by atoms with Crippen LogP contribution in [0.1, 0.15) is 46.0 Å². The first kappa shape index (κ1) is 25.5. The van der Waals surface area contributed by atoms with E-state index in [1.807, 2.05) is 42.5 Å². The van der Waals surface area contributed by atoms with E-state index in [2.05, 4.69) is 35.4 Å². The molecule has 0 spiro atoms. The van der Waals surface area contributed by atoms with Crippen LogP contribution in [0, 0.1) is 5.92 Å². The van der Waals surface area contributed by atoms with Crippen molar-refractivity contribution in [3.8, 4) is 10.6 Å². The molecule has 2 aromatic carbocycles. The van der Waals surface area contributed by atoms with Gasteiger partial charge in [-0.25, -0.2) is 0 Å². The van der Waals surface area contributed by atoms with Gasteiger partial charge in [-0.2, -0.15) is 0 Å². The largest absolute Gasteiger partial charge is 0.465 e. The average molecular weight is 504 g/mol. The molecule has 1 atom stereocenters. The maximum absolute atomic E-state index is 12.2. The molecule has 1 aromatic heterocycles. The second-order valence-corrected chi connectivity index (χ2v) is 10.3. The van der Waals surface area contributed by atoms with Crippen LogP contribution in [0.4, 0.5) is 10.8 Å². The normalized spacial score (nSPS) is 11.8. The number of halogens is 1. The summed E-state index contributed by atoms with van der Waals surface area (Å²) in [6, 6.07) is 15.6. The Morgan fingerprint density at radius 2 is 2.03 bits per heavy atom. The molecule has 0 aliphatic rings. The minimum absolute atomic E-state index is 0.126. The zero-order chi connectivity index (χ0) is 23.5. The zero-order valence-corrected chi connectivity index (χ0v) is 21.4. The first-order chi connectivity index (χ1) is 16.1. The zero-order valence-electron chi connectivity index (χ0n) is 19.1. The third kappa shape index (κ3) is 8.32. The third-order valence-corrected chi connectivity index (χ3v) is 7.39. The number of hydrogen-bond acceptors (Lipinski definition) is 7. The summed E-state index contributed by atoms with van der Waals surface area (Å²) in [5.74, 6) is 1.00. The topological polar surface area (TPSA) is 64.1 Å². The van der Waals surface area contributed by atoms with Crippen molar-refractivity contribution in [2.75, 3.05) is 17.7 Å². The number of ether oxygens (including phenoxy) is 1.